The Balaban J connectivity index is 2.43. The number of nitrogens with two attached hydrogens (primary N) is 1. The molecule has 2 rings (SSSR count). The van der Waals surface area contributed by atoms with Crippen molar-refractivity contribution in [2.24, 2.45) is 0 Å². The molecule has 0 aromatic heterocycles. The molecule has 0 atom stereocenters. The molecule has 0 saturated carbocycles. The van der Waals surface area contributed by atoms with E-state index in [2.05, 4.69) is 0 Å². The lowest BCUT2D eigenvalue weighted by Crippen LogP contribution is -2.31. The van der Waals surface area contributed by atoms with E-state index in [1.807, 2.05) is 13.8 Å². The van der Waals surface area contributed by atoms with Gasteiger partial charge in [-0.2, -0.15) is 0 Å². The van der Waals surface area contributed by atoms with Gasteiger partial charge in [-0.1, -0.05) is 17.7 Å². The zero-order valence-electron chi connectivity index (χ0n) is 11.9. The van der Waals surface area contributed by atoms with Gasteiger partial charge in [-0.15, -0.1) is 0 Å². The Labute approximate surface area is 128 Å². The number of rotatable bonds is 3. The summed E-state index contributed by atoms with van der Waals surface area (Å²) in [6.45, 7) is 4.24. The summed E-state index contributed by atoms with van der Waals surface area (Å²) in [7, 11) is 0. The lowest BCUT2D eigenvalue weighted by molar-refractivity contribution is 0.0988. The summed E-state index contributed by atoms with van der Waals surface area (Å²) >= 11 is 5.88. The van der Waals surface area contributed by atoms with Gasteiger partial charge in [-0.3, -0.25) is 4.79 Å². The lowest BCUT2D eigenvalue weighted by Gasteiger charge is -2.23. The third-order valence-electron chi connectivity index (χ3n) is 3.29. The summed E-state index contributed by atoms with van der Waals surface area (Å²) in [6.07, 6.45) is 0. The van der Waals surface area contributed by atoms with Crippen LogP contribution in [0.2, 0.25) is 5.02 Å². The second-order valence-electron chi connectivity index (χ2n) is 4.76. The fraction of sp³-hybridized carbons (Fsp3) is 0.188. The maximum Gasteiger partial charge on any atom is 0.258 e. The molecule has 3 N–H and O–H groups in total. The summed E-state index contributed by atoms with van der Waals surface area (Å²) in [6, 6.07) is 9.75. The number of nitrogens with zero attached hydrogens (tertiary/aromatic N) is 1. The number of aryl methyl sites for hydroxylation is 1. The Morgan fingerprint density at radius 2 is 2.00 bits per heavy atom. The number of halogens is 1. The van der Waals surface area contributed by atoms with Crippen molar-refractivity contribution in [1.82, 2.24) is 0 Å². The van der Waals surface area contributed by atoms with E-state index in [9.17, 15) is 9.90 Å². The van der Waals surface area contributed by atoms with E-state index in [-0.39, 0.29) is 11.7 Å². The standard InChI is InChI=1S/C16H17ClN2O2/c1-3-19(15-9-12(20)6-4-10(15)2)16(21)11-5-7-13(17)14(18)8-11/h4-9,20H,3,18H2,1-2H3. The van der Waals surface area contributed by atoms with Crippen LogP contribution in [0, 0.1) is 6.92 Å². The van der Waals surface area contributed by atoms with E-state index < -0.39 is 0 Å². The maximum absolute atomic E-state index is 12.6. The van der Waals surface area contributed by atoms with Gasteiger partial charge in [-0.05, 0) is 43.7 Å². The maximum atomic E-state index is 12.6. The number of hydrogen-bond acceptors (Lipinski definition) is 3. The first-order valence-corrected chi connectivity index (χ1v) is 6.98. The number of carbonyl (C=O) groups is 1. The van der Waals surface area contributed by atoms with Crippen molar-refractivity contribution >= 4 is 28.9 Å². The number of benzene rings is 2. The number of phenols is 1. The monoisotopic (exact) mass is 304 g/mol. The highest BCUT2D eigenvalue weighted by Crippen LogP contribution is 2.27. The highest BCUT2D eigenvalue weighted by Gasteiger charge is 2.18. The molecule has 0 bridgehead atoms. The third-order valence-corrected chi connectivity index (χ3v) is 3.63. The van der Waals surface area contributed by atoms with Gasteiger partial charge < -0.3 is 15.7 Å². The number of carbonyl (C=O) groups excluding carboxylic acids is 1. The topological polar surface area (TPSA) is 66.6 Å². The van der Waals surface area contributed by atoms with E-state index in [1.54, 1.807) is 41.3 Å². The molecule has 110 valence electrons. The number of amides is 1. The number of hydrogen-bond donors (Lipinski definition) is 2. The van der Waals surface area contributed by atoms with Gasteiger partial charge in [0, 0.05) is 18.2 Å². The molecule has 0 radical (unpaired) electrons. The SMILES string of the molecule is CCN(C(=O)c1ccc(Cl)c(N)c1)c1cc(O)ccc1C. The first-order valence-electron chi connectivity index (χ1n) is 6.60. The molecule has 0 aliphatic carbocycles. The number of aromatic hydroxyl groups is 1. The quantitative estimate of drug-likeness (QED) is 0.851. The Hall–Kier alpha value is -2.20. The fourth-order valence-electron chi connectivity index (χ4n) is 2.14. The molecule has 2 aromatic rings. The molecule has 0 aliphatic rings. The zero-order chi connectivity index (χ0) is 15.6. The van der Waals surface area contributed by atoms with E-state index >= 15 is 0 Å². The van der Waals surface area contributed by atoms with Crippen LogP contribution in [-0.2, 0) is 0 Å². The molecule has 0 saturated heterocycles. The molecule has 0 aliphatic heterocycles. The van der Waals surface area contributed by atoms with E-state index in [0.717, 1.165) is 5.56 Å². The van der Waals surface area contributed by atoms with E-state index in [0.29, 0.717) is 28.5 Å². The first-order chi connectivity index (χ1) is 9.93. The Bertz CT molecular complexity index is 686. The number of nitrogen functional groups attached to an aromatic ring is 1. The Morgan fingerprint density at radius 1 is 1.29 bits per heavy atom. The molecule has 0 spiro atoms. The van der Waals surface area contributed by atoms with Crippen LogP contribution in [-0.4, -0.2) is 17.6 Å². The smallest absolute Gasteiger partial charge is 0.258 e. The van der Waals surface area contributed by atoms with Crippen LogP contribution in [0.5, 0.6) is 5.75 Å². The molecule has 1 amide bonds. The second kappa shape index (κ2) is 6.06. The summed E-state index contributed by atoms with van der Waals surface area (Å²) in [4.78, 5) is 14.2. The van der Waals surface area contributed by atoms with Crippen LogP contribution in [0.15, 0.2) is 36.4 Å². The van der Waals surface area contributed by atoms with Gasteiger partial charge in [0.05, 0.1) is 16.4 Å². The first kappa shape index (κ1) is 15.2. The van der Waals surface area contributed by atoms with Crippen LogP contribution < -0.4 is 10.6 Å². The van der Waals surface area contributed by atoms with Crippen molar-refractivity contribution in [3.63, 3.8) is 0 Å². The summed E-state index contributed by atoms with van der Waals surface area (Å²) in [5.41, 5.74) is 8.16. The Morgan fingerprint density at radius 3 is 2.62 bits per heavy atom. The highest BCUT2D eigenvalue weighted by molar-refractivity contribution is 6.33. The van der Waals surface area contributed by atoms with E-state index in [1.165, 1.54) is 0 Å². The van der Waals surface area contributed by atoms with Gasteiger partial charge >= 0.3 is 0 Å². The van der Waals surface area contributed by atoms with Crippen molar-refractivity contribution in [2.75, 3.05) is 17.2 Å². The van der Waals surface area contributed by atoms with Crippen LogP contribution >= 0.6 is 11.6 Å². The minimum absolute atomic E-state index is 0.123. The van der Waals surface area contributed by atoms with E-state index in [4.69, 9.17) is 17.3 Å². The molecule has 4 nitrogen and oxygen atoms in total. The van der Waals surface area contributed by atoms with Crippen molar-refractivity contribution in [1.29, 1.82) is 0 Å². The number of phenolic OH excluding ortho intramolecular Hbond substituents is 1. The largest absolute Gasteiger partial charge is 0.508 e. The van der Waals surface area contributed by atoms with Crippen molar-refractivity contribution < 1.29 is 9.90 Å². The molecule has 5 heteroatoms. The summed E-state index contributed by atoms with van der Waals surface area (Å²) < 4.78 is 0. The van der Waals surface area contributed by atoms with Crippen LogP contribution in [0.4, 0.5) is 11.4 Å². The Kier molecular flexibility index (Phi) is 4.38. The van der Waals surface area contributed by atoms with Crippen LogP contribution in [0.1, 0.15) is 22.8 Å². The molecule has 21 heavy (non-hydrogen) atoms. The molecular weight excluding hydrogens is 288 g/mol. The average molecular weight is 305 g/mol. The zero-order valence-corrected chi connectivity index (χ0v) is 12.7. The second-order valence-corrected chi connectivity index (χ2v) is 5.16. The van der Waals surface area contributed by atoms with Crippen LogP contribution in [0.3, 0.4) is 0 Å². The summed E-state index contributed by atoms with van der Waals surface area (Å²) in [5.74, 6) is -0.0629. The fourth-order valence-corrected chi connectivity index (χ4v) is 2.26. The molecule has 0 fully saturated rings. The molecule has 0 heterocycles. The predicted molar refractivity (Wildman–Crippen MR) is 86.1 cm³/mol. The predicted octanol–water partition coefficient (Wildman–Crippen LogP) is 3.60. The van der Waals surface area contributed by atoms with Crippen molar-refractivity contribution in [3.05, 3.63) is 52.5 Å². The third kappa shape index (κ3) is 3.11. The minimum Gasteiger partial charge on any atom is -0.508 e. The van der Waals surface area contributed by atoms with Gasteiger partial charge in [-0.25, -0.2) is 0 Å². The van der Waals surface area contributed by atoms with Crippen LogP contribution in [0.25, 0.3) is 0 Å². The highest BCUT2D eigenvalue weighted by atomic mass is 35.5. The van der Waals surface area contributed by atoms with Crippen molar-refractivity contribution in [2.45, 2.75) is 13.8 Å². The van der Waals surface area contributed by atoms with Gasteiger partial charge in [0.1, 0.15) is 5.75 Å². The normalized spacial score (nSPS) is 10.4. The average Bonchev–Trinajstić information content (AvgIpc) is 2.46. The van der Waals surface area contributed by atoms with Gasteiger partial charge in [0.25, 0.3) is 5.91 Å². The van der Waals surface area contributed by atoms with Gasteiger partial charge in [0.15, 0.2) is 0 Å². The minimum atomic E-state index is -0.186. The van der Waals surface area contributed by atoms with Crippen molar-refractivity contribution in [3.8, 4) is 5.75 Å². The lowest BCUT2D eigenvalue weighted by atomic mass is 10.1. The molecule has 0 unspecified atom stereocenters. The number of anilines is 2. The molecule has 2 aromatic carbocycles. The van der Waals surface area contributed by atoms with Gasteiger partial charge in [0.2, 0.25) is 0 Å². The molecular formula is C16H17ClN2O2. The summed E-state index contributed by atoms with van der Waals surface area (Å²) in [5, 5.41) is 10.1.